The molecule has 92 valence electrons. The number of nitrogens with two attached hydrogens (primary N) is 1. The smallest absolute Gasteiger partial charge is 0.183 e. The van der Waals surface area contributed by atoms with Gasteiger partial charge >= 0.3 is 0 Å². The van der Waals surface area contributed by atoms with Gasteiger partial charge in [0.25, 0.3) is 0 Å². The summed E-state index contributed by atoms with van der Waals surface area (Å²) >= 11 is 0. The number of sulfone groups is 1. The van der Waals surface area contributed by atoms with Gasteiger partial charge in [0.1, 0.15) is 0 Å². The third-order valence-electron chi connectivity index (χ3n) is 4.09. The maximum absolute atomic E-state index is 12.3. The molecule has 0 spiro atoms. The maximum Gasteiger partial charge on any atom is 0.183 e. The third kappa shape index (κ3) is 1.40. The van der Waals surface area contributed by atoms with Crippen molar-refractivity contribution in [3.63, 3.8) is 0 Å². The lowest BCUT2D eigenvalue weighted by Crippen LogP contribution is -2.25. The molecule has 2 N–H and O–H groups in total. The molecule has 1 aromatic rings. The summed E-state index contributed by atoms with van der Waals surface area (Å²) < 4.78 is 24.7. The number of aryl methyl sites for hydroxylation is 2. The van der Waals surface area contributed by atoms with Crippen LogP contribution in [-0.2, 0) is 22.7 Å². The molecule has 0 fully saturated rings. The molecule has 1 aliphatic carbocycles. The Labute approximate surface area is 102 Å². The average molecular weight is 251 g/mol. The molecule has 0 bridgehead atoms. The van der Waals surface area contributed by atoms with Crippen molar-refractivity contribution in [2.75, 3.05) is 0 Å². The lowest BCUT2D eigenvalue weighted by atomic mass is 9.99. The van der Waals surface area contributed by atoms with E-state index in [1.807, 2.05) is 19.1 Å². The normalized spacial score (nSPS) is 29.1. The van der Waals surface area contributed by atoms with Gasteiger partial charge in [0.2, 0.25) is 0 Å². The van der Waals surface area contributed by atoms with Crippen LogP contribution in [-0.4, -0.2) is 13.7 Å². The standard InChI is InChI=1S/C13H17NO2S/c1-2-11-13(14)10-6-8-4-3-5-9(8)7-12(10)17(11,15)16/h6-7,11,13H,2-5,14H2,1H3. The van der Waals surface area contributed by atoms with E-state index in [0.29, 0.717) is 11.3 Å². The second-order valence-electron chi connectivity index (χ2n) is 5.03. The van der Waals surface area contributed by atoms with E-state index in [-0.39, 0.29) is 6.04 Å². The fourth-order valence-electron chi connectivity index (χ4n) is 3.16. The molecule has 3 rings (SSSR count). The lowest BCUT2D eigenvalue weighted by molar-refractivity contribution is 0.567. The molecule has 0 radical (unpaired) electrons. The maximum atomic E-state index is 12.3. The molecule has 0 aromatic heterocycles. The number of hydrogen-bond donors (Lipinski definition) is 1. The minimum atomic E-state index is -3.19. The first-order valence-electron chi connectivity index (χ1n) is 6.21. The van der Waals surface area contributed by atoms with E-state index < -0.39 is 15.1 Å². The van der Waals surface area contributed by atoms with E-state index in [2.05, 4.69) is 0 Å². The molecule has 4 heteroatoms. The molecule has 1 aromatic carbocycles. The molecule has 17 heavy (non-hydrogen) atoms. The highest BCUT2D eigenvalue weighted by Gasteiger charge is 2.42. The lowest BCUT2D eigenvalue weighted by Gasteiger charge is -2.11. The van der Waals surface area contributed by atoms with Crippen molar-refractivity contribution in [3.8, 4) is 0 Å². The summed E-state index contributed by atoms with van der Waals surface area (Å²) in [6, 6.07) is 3.57. The monoisotopic (exact) mass is 251 g/mol. The zero-order valence-electron chi connectivity index (χ0n) is 9.94. The van der Waals surface area contributed by atoms with Crippen LogP contribution in [0.5, 0.6) is 0 Å². The predicted molar refractivity (Wildman–Crippen MR) is 66.7 cm³/mol. The first kappa shape index (κ1) is 11.2. The topological polar surface area (TPSA) is 60.2 Å². The summed E-state index contributed by atoms with van der Waals surface area (Å²) in [6.07, 6.45) is 3.78. The zero-order valence-corrected chi connectivity index (χ0v) is 10.8. The van der Waals surface area contributed by atoms with Crippen molar-refractivity contribution < 1.29 is 8.42 Å². The van der Waals surface area contributed by atoms with Gasteiger partial charge < -0.3 is 5.73 Å². The summed E-state index contributed by atoms with van der Waals surface area (Å²) in [4.78, 5) is 0.498. The van der Waals surface area contributed by atoms with Crippen LogP contribution in [0, 0.1) is 0 Å². The van der Waals surface area contributed by atoms with Gasteiger partial charge in [-0.05, 0) is 48.4 Å². The average Bonchev–Trinajstić information content (AvgIpc) is 2.80. The third-order valence-corrected chi connectivity index (χ3v) is 6.48. The van der Waals surface area contributed by atoms with Crippen LogP contribution in [0.4, 0.5) is 0 Å². The molecule has 2 aliphatic rings. The van der Waals surface area contributed by atoms with Gasteiger partial charge in [0.05, 0.1) is 10.1 Å². The van der Waals surface area contributed by atoms with Crippen molar-refractivity contribution in [1.82, 2.24) is 0 Å². The van der Waals surface area contributed by atoms with Gasteiger partial charge in [0, 0.05) is 6.04 Å². The second kappa shape index (κ2) is 3.56. The summed E-state index contributed by atoms with van der Waals surface area (Å²) in [7, 11) is -3.19. The van der Waals surface area contributed by atoms with E-state index in [0.717, 1.165) is 24.8 Å². The SMILES string of the molecule is CCC1C(N)c2cc3c(cc2S1(=O)=O)CCC3. The van der Waals surface area contributed by atoms with Crippen molar-refractivity contribution in [2.45, 2.75) is 48.8 Å². The van der Waals surface area contributed by atoms with Gasteiger partial charge in [-0.3, -0.25) is 0 Å². The van der Waals surface area contributed by atoms with E-state index in [9.17, 15) is 8.42 Å². The summed E-state index contributed by atoms with van der Waals surface area (Å²) in [5, 5.41) is -0.431. The Morgan fingerprint density at radius 1 is 1.29 bits per heavy atom. The van der Waals surface area contributed by atoms with E-state index in [1.165, 1.54) is 11.1 Å². The van der Waals surface area contributed by atoms with Crippen molar-refractivity contribution in [1.29, 1.82) is 0 Å². The predicted octanol–water partition coefficient (Wildman–Crippen LogP) is 1.74. The molecule has 2 unspecified atom stereocenters. The largest absolute Gasteiger partial charge is 0.323 e. The Balaban J connectivity index is 2.24. The van der Waals surface area contributed by atoms with Gasteiger partial charge in [-0.1, -0.05) is 13.0 Å². The van der Waals surface area contributed by atoms with Crippen LogP contribution in [0.1, 0.15) is 42.5 Å². The highest BCUT2D eigenvalue weighted by atomic mass is 32.2. The number of rotatable bonds is 1. The summed E-state index contributed by atoms with van der Waals surface area (Å²) in [5.41, 5.74) is 9.44. The van der Waals surface area contributed by atoms with Crippen molar-refractivity contribution in [2.24, 2.45) is 5.73 Å². The highest BCUT2D eigenvalue weighted by Crippen LogP contribution is 2.41. The van der Waals surface area contributed by atoms with Gasteiger partial charge in [0.15, 0.2) is 9.84 Å². The first-order valence-corrected chi connectivity index (χ1v) is 7.75. The van der Waals surface area contributed by atoms with Crippen LogP contribution in [0.15, 0.2) is 17.0 Å². The van der Waals surface area contributed by atoms with Crippen LogP contribution < -0.4 is 5.73 Å². The zero-order chi connectivity index (χ0) is 12.2. The molecule has 1 aliphatic heterocycles. The second-order valence-corrected chi connectivity index (χ2v) is 7.17. The Morgan fingerprint density at radius 2 is 1.94 bits per heavy atom. The van der Waals surface area contributed by atoms with Crippen LogP contribution in [0.25, 0.3) is 0 Å². The molecule has 0 amide bonds. The van der Waals surface area contributed by atoms with Crippen LogP contribution >= 0.6 is 0 Å². The Hall–Kier alpha value is -0.870. The molecule has 1 heterocycles. The first-order chi connectivity index (χ1) is 8.05. The van der Waals surface area contributed by atoms with E-state index in [4.69, 9.17) is 5.73 Å². The molecular formula is C13H17NO2S. The number of benzene rings is 1. The van der Waals surface area contributed by atoms with Gasteiger partial charge in [-0.25, -0.2) is 8.42 Å². The van der Waals surface area contributed by atoms with Crippen molar-refractivity contribution >= 4 is 9.84 Å². The Morgan fingerprint density at radius 3 is 2.59 bits per heavy atom. The minimum absolute atomic E-state index is 0.342. The Kier molecular flexibility index (Phi) is 2.35. The Bertz CT molecular complexity index is 577. The van der Waals surface area contributed by atoms with Crippen LogP contribution in [0.3, 0.4) is 0 Å². The quantitative estimate of drug-likeness (QED) is 0.827. The van der Waals surface area contributed by atoms with Crippen molar-refractivity contribution in [3.05, 3.63) is 28.8 Å². The van der Waals surface area contributed by atoms with Gasteiger partial charge in [-0.2, -0.15) is 0 Å². The number of hydrogen-bond acceptors (Lipinski definition) is 3. The highest BCUT2D eigenvalue weighted by molar-refractivity contribution is 7.92. The molecule has 3 nitrogen and oxygen atoms in total. The molecule has 0 saturated carbocycles. The molecular weight excluding hydrogens is 234 g/mol. The summed E-state index contributed by atoms with van der Waals surface area (Å²) in [5.74, 6) is 0. The van der Waals surface area contributed by atoms with E-state index in [1.54, 1.807) is 0 Å². The summed E-state index contributed by atoms with van der Waals surface area (Å²) in [6.45, 7) is 1.89. The fraction of sp³-hybridized carbons (Fsp3) is 0.538. The number of fused-ring (bicyclic) bond motifs is 2. The minimum Gasteiger partial charge on any atom is -0.323 e. The van der Waals surface area contributed by atoms with Gasteiger partial charge in [-0.15, -0.1) is 0 Å². The van der Waals surface area contributed by atoms with Crippen LogP contribution in [0.2, 0.25) is 0 Å². The molecule has 0 saturated heterocycles. The fourth-order valence-corrected chi connectivity index (χ4v) is 5.28. The van der Waals surface area contributed by atoms with E-state index >= 15 is 0 Å². The molecule has 2 atom stereocenters.